The van der Waals surface area contributed by atoms with Crippen molar-refractivity contribution in [1.29, 1.82) is 0 Å². The summed E-state index contributed by atoms with van der Waals surface area (Å²) in [4.78, 5) is 17.8. The van der Waals surface area contributed by atoms with Crippen LogP contribution in [0.5, 0.6) is 5.75 Å². The van der Waals surface area contributed by atoms with Gasteiger partial charge in [0.1, 0.15) is 12.4 Å². The topological polar surface area (TPSA) is 87.5 Å². The van der Waals surface area contributed by atoms with Crippen molar-refractivity contribution in [3.8, 4) is 5.75 Å². The Labute approximate surface area is 273 Å². The smallest absolute Gasteiger partial charge is 0.311 e. The van der Waals surface area contributed by atoms with Crippen LogP contribution in [0.4, 0.5) is 0 Å². The number of hydrogen-bond acceptors (Lipinski definition) is 6. The van der Waals surface area contributed by atoms with Gasteiger partial charge in [0.2, 0.25) is 0 Å². The molecule has 0 aliphatic carbocycles. The van der Waals surface area contributed by atoms with E-state index in [2.05, 4.69) is 0 Å². The molecule has 0 N–H and O–H groups in total. The minimum atomic E-state index is -4.11. The van der Waals surface area contributed by atoms with Gasteiger partial charge in [0.15, 0.2) is 0 Å². The Bertz CT molecular complexity index is 2160. The third kappa shape index (κ3) is 6.23. The molecule has 0 aliphatic heterocycles. The second-order valence-corrected chi connectivity index (χ2v) is 14.0. The molecule has 0 atom stereocenters. The fraction of sp³-hybridized carbons (Fsp3) is 0.189. The molecule has 0 radical (unpaired) electrons. The molecule has 0 amide bonds. The molecule has 0 saturated carbocycles. The second kappa shape index (κ2) is 12.6. The molecule has 0 fully saturated rings. The van der Waals surface area contributed by atoms with Gasteiger partial charge in [-0.2, -0.15) is 0 Å². The van der Waals surface area contributed by atoms with Crippen molar-refractivity contribution in [2.75, 3.05) is 7.11 Å². The Morgan fingerprint density at radius 2 is 1.61 bits per heavy atom. The first kappa shape index (κ1) is 31.3. The number of carbonyl (C=O) groups excluding carboxylic acids is 1. The van der Waals surface area contributed by atoms with Crippen molar-refractivity contribution < 1.29 is 22.7 Å². The number of esters is 1. The number of nitrogens with zero attached hydrogens (tertiary/aromatic N) is 2. The van der Waals surface area contributed by atoms with Crippen LogP contribution in [0.2, 0.25) is 5.02 Å². The monoisotopic (exact) mass is 652 g/mol. The highest BCUT2D eigenvalue weighted by Gasteiger charge is 2.35. The van der Waals surface area contributed by atoms with Crippen molar-refractivity contribution in [3.63, 3.8) is 0 Å². The average molecular weight is 653 g/mol. The van der Waals surface area contributed by atoms with Crippen LogP contribution in [0.15, 0.2) is 114 Å². The summed E-state index contributed by atoms with van der Waals surface area (Å²) in [6.07, 6.45) is 0.527. The zero-order chi connectivity index (χ0) is 32.5. The molecule has 234 valence electrons. The molecule has 0 unspecified atom stereocenters. The highest BCUT2D eigenvalue weighted by atomic mass is 35.5. The summed E-state index contributed by atoms with van der Waals surface area (Å²) >= 11 is 6.18. The number of para-hydroxylation sites is 1. The van der Waals surface area contributed by atoms with E-state index in [9.17, 15) is 13.2 Å². The van der Waals surface area contributed by atoms with E-state index in [-0.39, 0.29) is 17.9 Å². The van der Waals surface area contributed by atoms with Gasteiger partial charge in [-0.05, 0) is 79.9 Å². The SMILES string of the molecule is COC(=O)C(C)(C)Cc1c(Cc2ccc(Cl)cc2)c2ccc(OCc3ccc4ccccc4n3)cc2n1S(=O)(=O)c1ccccc1. The van der Waals surface area contributed by atoms with Crippen LogP contribution in [-0.4, -0.2) is 30.5 Å². The third-order valence-corrected chi connectivity index (χ3v) is 10.1. The van der Waals surface area contributed by atoms with Gasteiger partial charge in [-0.15, -0.1) is 0 Å². The van der Waals surface area contributed by atoms with Gasteiger partial charge in [0, 0.05) is 34.0 Å². The summed E-state index contributed by atoms with van der Waals surface area (Å²) in [5.74, 6) is 0.0482. The van der Waals surface area contributed by atoms with Crippen molar-refractivity contribution in [2.24, 2.45) is 5.41 Å². The number of hydrogen-bond donors (Lipinski definition) is 0. The Balaban J connectivity index is 1.52. The van der Waals surface area contributed by atoms with E-state index in [0.29, 0.717) is 28.4 Å². The Hall–Kier alpha value is -4.66. The molecule has 0 spiro atoms. The standard InChI is InChI=1S/C37H33ClN2O5S/c1-37(2,36(41)44-3)23-35-32(21-25-13-16-27(38)17-14-25)31-20-19-29(45-24-28-18-15-26-9-7-8-12-33(26)39-28)22-34(31)40(35)46(42,43)30-10-5-4-6-11-30/h4-20,22H,21,23-24H2,1-3H3. The highest BCUT2D eigenvalue weighted by Crippen LogP contribution is 2.38. The number of rotatable bonds is 10. The van der Waals surface area contributed by atoms with Crippen LogP contribution in [0.3, 0.4) is 0 Å². The molecule has 0 aliphatic rings. The lowest BCUT2D eigenvalue weighted by Gasteiger charge is -2.23. The molecule has 6 aromatic rings. The summed E-state index contributed by atoms with van der Waals surface area (Å²) in [5.41, 5.74) is 3.27. The predicted molar refractivity (Wildman–Crippen MR) is 181 cm³/mol. The number of carbonyl (C=O) groups is 1. The van der Waals surface area contributed by atoms with E-state index in [1.807, 2.05) is 72.8 Å². The van der Waals surface area contributed by atoms with Gasteiger partial charge in [-0.1, -0.05) is 66.2 Å². The van der Waals surface area contributed by atoms with Crippen molar-refractivity contribution in [1.82, 2.24) is 8.96 Å². The molecule has 7 nitrogen and oxygen atoms in total. The summed E-state index contributed by atoms with van der Waals surface area (Å²) in [6, 6.07) is 33.0. The minimum Gasteiger partial charge on any atom is -0.487 e. The number of ether oxygens (including phenoxy) is 2. The molecule has 4 aromatic carbocycles. The van der Waals surface area contributed by atoms with Gasteiger partial charge < -0.3 is 9.47 Å². The zero-order valence-electron chi connectivity index (χ0n) is 25.7. The minimum absolute atomic E-state index is 0.112. The van der Waals surface area contributed by atoms with E-state index in [1.165, 1.54) is 11.1 Å². The lowest BCUT2D eigenvalue weighted by atomic mass is 9.86. The number of halogens is 1. The van der Waals surface area contributed by atoms with E-state index >= 15 is 0 Å². The van der Waals surface area contributed by atoms with E-state index in [0.717, 1.165) is 33.1 Å². The van der Waals surface area contributed by atoms with Crippen LogP contribution in [-0.2, 0) is 39.0 Å². The maximum absolute atomic E-state index is 14.5. The van der Waals surface area contributed by atoms with Crippen molar-refractivity contribution in [2.45, 2.75) is 38.2 Å². The third-order valence-electron chi connectivity index (χ3n) is 8.07. The summed E-state index contributed by atoms with van der Waals surface area (Å²) in [7, 11) is -2.78. The first-order chi connectivity index (χ1) is 22.1. The molecule has 6 rings (SSSR count). The summed E-state index contributed by atoms with van der Waals surface area (Å²) in [5, 5.41) is 2.38. The maximum atomic E-state index is 14.5. The number of pyridine rings is 1. The predicted octanol–water partition coefficient (Wildman–Crippen LogP) is 7.99. The molecule has 2 aromatic heterocycles. The summed E-state index contributed by atoms with van der Waals surface area (Å²) in [6.45, 7) is 3.71. The van der Waals surface area contributed by atoms with Crippen LogP contribution in [0.25, 0.3) is 21.8 Å². The fourth-order valence-corrected chi connectivity index (χ4v) is 7.43. The number of fused-ring (bicyclic) bond motifs is 2. The average Bonchev–Trinajstić information content (AvgIpc) is 3.36. The Morgan fingerprint density at radius 1 is 0.891 bits per heavy atom. The van der Waals surface area contributed by atoms with Gasteiger partial charge in [0.05, 0.1) is 34.1 Å². The quantitative estimate of drug-likeness (QED) is 0.139. The molecular weight excluding hydrogens is 620 g/mol. The molecular formula is C37H33ClN2O5S. The number of benzene rings is 4. The van der Waals surface area contributed by atoms with Gasteiger partial charge >= 0.3 is 5.97 Å². The van der Waals surface area contributed by atoms with Crippen LogP contribution in [0, 0.1) is 5.41 Å². The lowest BCUT2D eigenvalue weighted by molar-refractivity contribution is -0.150. The number of aromatic nitrogens is 2. The maximum Gasteiger partial charge on any atom is 0.311 e. The second-order valence-electron chi connectivity index (χ2n) is 11.8. The largest absolute Gasteiger partial charge is 0.487 e. The first-order valence-corrected chi connectivity index (χ1v) is 16.7. The fourth-order valence-electron chi connectivity index (χ4n) is 5.72. The van der Waals surface area contributed by atoms with Gasteiger partial charge in [0.25, 0.3) is 10.0 Å². The molecule has 0 saturated heterocycles. The van der Waals surface area contributed by atoms with Crippen LogP contribution >= 0.6 is 11.6 Å². The van der Waals surface area contributed by atoms with Crippen LogP contribution in [0.1, 0.15) is 36.4 Å². The lowest BCUT2D eigenvalue weighted by Crippen LogP contribution is -2.30. The van der Waals surface area contributed by atoms with Crippen LogP contribution < -0.4 is 4.74 Å². The van der Waals surface area contributed by atoms with Gasteiger partial charge in [-0.25, -0.2) is 17.4 Å². The number of methoxy groups -OCH3 is 1. The molecule has 0 bridgehead atoms. The first-order valence-electron chi connectivity index (χ1n) is 14.8. The highest BCUT2D eigenvalue weighted by molar-refractivity contribution is 7.90. The van der Waals surface area contributed by atoms with E-state index in [4.69, 9.17) is 26.1 Å². The molecule has 46 heavy (non-hydrogen) atoms. The van der Waals surface area contributed by atoms with Crippen molar-refractivity contribution >= 4 is 49.4 Å². The zero-order valence-corrected chi connectivity index (χ0v) is 27.3. The Morgan fingerprint density at radius 3 is 2.35 bits per heavy atom. The Kier molecular flexibility index (Phi) is 8.59. The normalized spacial score (nSPS) is 12.0. The van der Waals surface area contributed by atoms with E-state index in [1.54, 1.807) is 50.2 Å². The van der Waals surface area contributed by atoms with E-state index < -0.39 is 21.4 Å². The van der Waals surface area contributed by atoms with Crippen molar-refractivity contribution in [3.05, 3.63) is 137 Å². The molecule has 9 heteroatoms. The summed E-state index contributed by atoms with van der Waals surface area (Å²) < 4.78 is 41.7. The van der Waals surface area contributed by atoms with Gasteiger partial charge in [-0.3, -0.25) is 4.79 Å². The molecule has 2 heterocycles.